The third-order valence-corrected chi connectivity index (χ3v) is 7.08. The van der Waals surface area contributed by atoms with Crippen LogP contribution < -0.4 is 10.9 Å². The molecule has 0 spiro atoms. The Morgan fingerprint density at radius 1 is 1.15 bits per heavy atom. The summed E-state index contributed by atoms with van der Waals surface area (Å²) in [7, 11) is 0. The summed E-state index contributed by atoms with van der Waals surface area (Å²) >= 11 is 1.36. The Labute approximate surface area is 198 Å². The van der Waals surface area contributed by atoms with Gasteiger partial charge in [-0.2, -0.15) is 0 Å². The predicted molar refractivity (Wildman–Crippen MR) is 131 cm³/mol. The van der Waals surface area contributed by atoms with Crippen LogP contribution in [0, 0.1) is 0 Å². The molecule has 9 heteroatoms. The molecule has 0 radical (unpaired) electrons. The lowest BCUT2D eigenvalue weighted by molar-refractivity contribution is -0.119. The number of hydrogen-bond donors (Lipinski definition) is 1. The molecule has 1 amide bonds. The summed E-state index contributed by atoms with van der Waals surface area (Å²) in [4.78, 5) is 25.8. The molecule has 1 aliphatic rings. The number of carbonyl (C=O) groups excluding carboxylic acids is 1. The van der Waals surface area contributed by atoms with Crippen LogP contribution in [0.2, 0.25) is 0 Å². The smallest absolute Gasteiger partial charge is 0.262 e. The third-order valence-electron chi connectivity index (χ3n) is 6.16. The van der Waals surface area contributed by atoms with E-state index in [0.29, 0.717) is 42.5 Å². The maximum Gasteiger partial charge on any atom is 0.262 e. The van der Waals surface area contributed by atoms with Gasteiger partial charge in [0.05, 0.1) is 16.7 Å². The van der Waals surface area contributed by atoms with Crippen LogP contribution in [0.5, 0.6) is 0 Å². The molecule has 1 aromatic carbocycles. The van der Waals surface area contributed by atoms with Gasteiger partial charge in [-0.05, 0) is 38.3 Å². The minimum Gasteiger partial charge on any atom is -0.382 e. The van der Waals surface area contributed by atoms with Crippen LogP contribution in [0.3, 0.4) is 0 Å². The Hall–Kier alpha value is -2.39. The van der Waals surface area contributed by atoms with Gasteiger partial charge in [0.15, 0.2) is 5.16 Å². The van der Waals surface area contributed by atoms with E-state index in [2.05, 4.69) is 15.5 Å². The van der Waals surface area contributed by atoms with E-state index in [-0.39, 0.29) is 23.3 Å². The van der Waals surface area contributed by atoms with Crippen LogP contribution in [-0.4, -0.2) is 50.1 Å². The molecule has 1 aliphatic carbocycles. The molecule has 0 atom stereocenters. The minimum absolute atomic E-state index is 0.0247. The van der Waals surface area contributed by atoms with Gasteiger partial charge in [0.25, 0.3) is 5.56 Å². The molecular weight excluding hydrogens is 438 g/mol. The average Bonchev–Trinajstić information content (AvgIpc) is 3.23. The topological polar surface area (TPSA) is 90.5 Å². The molecule has 0 unspecified atom stereocenters. The Bertz CT molecular complexity index is 1130. The van der Waals surface area contributed by atoms with Crippen molar-refractivity contribution in [2.24, 2.45) is 0 Å². The van der Waals surface area contributed by atoms with Crippen molar-refractivity contribution in [2.45, 2.75) is 76.0 Å². The summed E-state index contributed by atoms with van der Waals surface area (Å²) in [6.07, 6.45) is 9.01. The van der Waals surface area contributed by atoms with Gasteiger partial charge in [-0.3, -0.25) is 18.6 Å². The lowest BCUT2D eigenvalue weighted by Crippen LogP contribution is -2.36. The van der Waals surface area contributed by atoms with Crippen molar-refractivity contribution in [1.82, 2.24) is 24.5 Å². The third kappa shape index (κ3) is 5.76. The van der Waals surface area contributed by atoms with Crippen molar-refractivity contribution in [3.05, 3.63) is 34.6 Å². The largest absolute Gasteiger partial charge is 0.382 e. The molecule has 2 heterocycles. The van der Waals surface area contributed by atoms with Crippen molar-refractivity contribution in [3.63, 3.8) is 0 Å². The lowest BCUT2D eigenvalue weighted by atomic mass is 9.97. The van der Waals surface area contributed by atoms with Crippen molar-refractivity contribution in [2.75, 3.05) is 19.0 Å². The summed E-state index contributed by atoms with van der Waals surface area (Å²) < 4.78 is 8.99. The van der Waals surface area contributed by atoms with E-state index in [4.69, 9.17) is 4.74 Å². The standard InChI is InChI=1S/C24H33N5O3S/c1-2-32-16-10-15-28-22(31)19-13-8-9-14-20(19)29-23(28)26-27-24(29)33-17-21(30)25-18-11-6-4-3-5-7-12-18/h8-9,13-14,18H,2-7,10-12,15-17H2,1H3,(H,25,30). The van der Waals surface area contributed by atoms with Crippen molar-refractivity contribution < 1.29 is 9.53 Å². The maximum absolute atomic E-state index is 13.1. The molecule has 0 bridgehead atoms. The van der Waals surface area contributed by atoms with Gasteiger partial charge in [0, 0.05) is 25.8 Å². The zero-order valence-electron chi connectivity index (χ0n) is 19.3. The second-order valence-corrected chi connectivity index (χ2v) is 9.48. The van der Waals surface area contributed by atoms with Crippen LogP contribution in [0.1, 0.15) is 58.3 Å². The van der Waals surface area contributed by atoms with Gasteiger partial charge in [-0.1, -0.05) is 56.0 Å². The molecule has 3 aromatic rings. The van der Waals surface area contributed by atoms with Gasteiger partial charge in [0.1, 0.15) is 0 Å². The van der Waals surface area contributed by atoms with Crippen LogP contribution >= 0.6 is 11.8 Å². The molecule has 178 valence electrons. The number of hydrogen-bond acceptors (Lipinski definition) is 6. The zero-order valence-corrected chi connectivity index (χ0v) is 20.1. The van der Waals surface area contributed by atoms with E-state index in [1.807, 2.05) is 35.6 Å². The quantitative estimate of drug-likeness (QED) is 0.377. The highest BCUT2D eigenvalue weighted by atomic mass is 32.2. The maximum atomic E-state index is 13.1. The zero-order chi connectivity index (χ0) is 23.0. The van der Waals surface area contributed by atoms with Gasteiger partial charge < -0.3 is 10.1 Å². The highest BCUT2D eigenvalue weighted by Gasteiger charge is 2.19. The molecule has 33 heavy (non-hydrogen) atoms. The average molecular weight is 472 g/mol. The monoisotopic (exact) mass is 471 g/mol. The van der Waals surface area contributed by atoms with Crippen molar-refractivity contribution in [3.8, 4) is 0 Å². The summed E-state index contributed by atoms with van der Waals surface area (Å²) in [5, 5.41) is 13.1. The molecule has 2 aromatic heterocycles. The Balaban J connectivity index is 1.54. The van der Waals surface area contributed by atoms with E-state index in [1.165, 1.54) is 43.9 Å². The second kappa shape index (κ2) is 11.7. The van der Waals surface area contributed by atoms with E-state index in [0.717, 1.165) is 18.4 Å². The van der Waals surface area contributed by atoms with Gasteiger partial charge in [0.2, 0.25) is 11.7 Å². The van der Waals surface area contributed by atoms with Crippen molar-refractivity contribution >= 4 is 34.3 Å². The second-order valence-electron chi connectivity index (χ2n) is 8.54. The van der Waals surface area contributed by atoms with Gasteiger partial charge >= 0.3 is 0 Å². The van der Waals surface area contributed by atoms with Crippen molar-refractivity contribution in [1.29, 1.82) is 0 Å². The number of fused-ring (bicyclic) bond motifs is 3. The number of carbonyl (C=O) groups is 1. The number of benzene rings is 1. The Kier molecular flexibility index (Phi) is 8.39. The molecule has 8 nitrogen and oxygen atoms in total. The number of amides is 1. The highest BCUT2D eigenvalue weighted by molar-refractivity contribution is 7.99. The van der Waals surface area contributed by atoms with Crippen LogP contribution in [0.4, 0.5) is 0 Å². The van der Waals surface area contributed by atoms with E-state index >= 15 is 0 Å². The Morgan fingerprint density at radius 3 is 2.70 bits per heavy atom. The SMILES string of the molecule is CCOCCCn1c(=O)c2ccccc2n2c(SCC(=O)NC3CCCCCCC3)nnc12. The number of aromatic nitrogens is 4. The number of aryl methyl sites for hydroxylation is 1. The fraction of sp³-hybridized carbons (Fsp3) is 0.583. The molecule has 1 fully saturated rings. The van der Waals surface area contributed by atoms with Gasteiger partial charge in [-0.25, -0.2) is 0 Å². The molecule has 0 aliphatic heterocycles. The minimum atomic E-state index is -0.0828. The molecule has 1 saturated carbocycles. The molecule has 1 N–H and O–H groups in total. The Morgan fingerprint density at radius 2 is 1.91 bits per heavy atom. The number of nitrogens with one attached hydrogen (secondary N) is 1. The first-order chi connectivity index (χ1) is 16.2. The lowest BCUT2D eigenvalue weighted by Gasteiger charge is -2.20. The highest BCUT2D eigenvalue weighted by Crippen LogP contribution is 2.22. The van der Waals surface area contributed by atoms with Crippen LogP contribution in [0.15, 0.2) is 34.2 Å². The fourth-order valence-electron chi connectivity index (χ4n) is 4.50. The summed E-state index contributed by atoms with van der Waals surface area (Å²) in [5.41, 5.74) is 0.673. The molecule has 0 saturated heterocycles. The van der Waals surface area contributed by atoms with E-state index in [9.17, 15) is 9.59 Å². The molecular formula is C24H33N5O3S. The van der Waals surface area contributed by atoms with Crippen LogP contribution in [-0.2, 0) is 16.1 Å². The number of ether oxygens (including phenoxy) is 1. The predicted octanol–water partition coefficient (Wildman–Crippen LogP) is 3.79. The van der Waals surface area contributed by atoms with E-state index < -0.39 is 0 Å². The fourth-order valence-corrected chi connectivity index (χ4v) is 5.25. The first-order valence-corrected chi connectivity index (χ1v) is 13.0. The molecule has 4 rings (SSSR count). The number of para-hydroxylation sites is 1. The number of rotatable bonds is 9. The first kappa shape index (κ1) is 23.8. The first-order valence-electron chi connectivity index (χ1n) is 12.1. The number of thioether (sulfide) groups is 1. The van der Waals surface area contributed by atoms with Gasteiger partial charge in [-0.15, -0.1) is 10.2 Å². The van der Waals surface area contributed by atoms with Crippen LogP contribution in [0.25, 0.3) is 16.7 Å². The summed E-state index contributed by atoms with van der Waals surface area (Å²) in [6, 6.07) is 7.75. The normalized spacial score (nSPS) is 15.5. The summed E-state index contributed by atoms with van der Waals surface area (Å²) in [6.45, 7) is 3.68. The number of nitrogens with zero attached hydrogens (tertiary/aromatic N) is 4. The summed E-state index contributed by atoms with van der Waals surface area (Å²) in [5.74, 6) is 0.796. The van der Waals surface area contributed by atoms with E-state index in [1.54, 1.807) is 4.57 Å².